The molecule has 1 aromatic heterocycles. The summed E-state index contributed by atoms with van der Waals surface area (Å²) in [5.41, 5.74) is 1.01. The highest BCUT2D eigenvalue weighted by Crippen LogP contribution is 2.48. The number of aromatic nitrogens is 1. The van der Waals surface area contributed by atoms with E-state index < -0.39 is 35.2 Å². The van der Waals surface area contributed by atoms with Crippen molar-refractivity contribution in [2.45, 2.75) is 44.1 Å². The number of hydrogen-bond acceptors (Lipinski definition) is 9. The van der Waals surface area contributed by atoms with Gasteiger partial charge in [-0.1, -0.05) is 30.3 Å². The van der Waals surface area contributed by atoms with Gasteiger partial charge in [-0.2, -0.15) is 0 Å². The van der Waals surface area contributed by atoms with Crippen LogP contribution in [-0.4, -0.2) is 66.8 Å². The minimum Gasteiger partial charge on any atom is -0.490 e. The van der Waals surface area contributed by atoms with E-state index >= 15 is 8.78 Å². The number of aliphatic hydroxyl groups is 1. The molecule has 1 unspecified atom stereocenters. The molecule has 13 heteroatoms. The van der Waals surface area contributed by atoms with Crippen LogP contribution in [0.1, 0.15) is 41.2 Å². The normalized spacial score (nSPS) is 21.3. The standard InChI is InChI=1S/C36H33F2N3O8/c37-28-11-23(41-14-25(16-42)49-36(41)45)8-9-30(28)46-18-21-10-24-19-47-34-31-26(12-29(38)32(34)39(24)13-21)33(43)27(15-40(31)22-6-7-22)35(44)48-17-20-4-2-1-3-5-20/h1-5,8-9,11-12,15,21-22,24-25,42H,6-7,10,13-14,16-19H2/t21-,24+,25?/m1/s1. The number of rotatable bonds is 9. The minimum absolute atomic E-state index is 0.00225. The Labute approximate surface area is 279 Å². The Morgan fingerprint density at radius 2 is 1.82 bits per heavy atom. The number of esters is 1. The van der Waals surface area contributed by atoms with Crippen molar-refractivity contribution in [2.75, 3.05) is 42.7 Å². The molecule has 11 nitrogen and oxygen atoms in total. The summed E-state index contributed by atoms with van der Waals surface area (Å²) >= 11 is 0. The van der Waals surface area contributed by atoms with E-state index in [0.29, 0.717) is 24.2 Å². The van der Waals surface area contributed by atoms with Crippen molar-refractivity contribution in [1.82, 2.24) is 4.57 Å². The number of carbonyl (C=O) groups is 2. The average Bonchev–Trinajstić information content (AvgIpc) is 3.75. The first kappa shape index (κ1) is 31.1. The molecule has 4 aliphatic rings. The van der Waals surface area contributed by atoms with Gasteiger partial charge in [-0.15, -0.1) is 0 Å². The second-order valence-electron chi connectivity index (χ2n) is 12.9. The van der Waals surface area contributed by atoms with Crippen LogP contribution in [0.15, 0.2) is 65.6 Å². The van der Waals surface area contributed by atoms with Gasteiger partial charge < -0.3 is 33.5 Å². The third-order valence-corrected chi connectivity index (χ3v) is 9.56. The molecule has 1 N–H and O–H groups in total. The smallest absolute Gasteiger partial charge is 0.414 e. The zero-order chi connectivity index (χ0) is 33.8. The molecule has 49 heavy (non-hydrogen) atoms. The summed E-state index contributed by atoms with van der Waals surface area (Å²) in [5, 5.41) is 9.34. The number of hydrogen-bond donors (Lipinski definition) is 1. The Morgan fingerprint density at radius 3 is 2.55 bits per heavy atom. The second kappa shape index (κ2) is 12.4. The zero-order valence-corrected chi connectivity index (χ0v) is 26.3. The number of halogens is 2. The summed E-state index contributed by atoms with van der Waals surface area (Å²) in [6.07, 6.45) is 2.49. The predicted molar refractivity (Wildman–Crippen MR) is 173 cm³/mol. The summed E-state index contributed by atoms with van der Waals surface area (Å²) in [6, 6.07) is 14.4. The highest BCUT2D eigenvalue weighted by molar-refractivity contribution is 5.98. The zero-order valence-electron chi connectivity index (χ0n) is 26.3. The van der Waals surface area contributed by atoms with Crippen LogP contribution in [0.5, 0.6) is 11.5 Å². The summed E-state index contributed by atoms with van der Waals surface area (Å²) in [6.45, 7) is 0.626. The number of amides is 1. The van der Waals surface area contributed by atoms with E-state index in [1.165, 1.54) is 29.3 Å². The molecule has 1 amide bonds. The van der Waals surface area contributed by atoms with Gasteiger partial charge >= 0.3 is 12.1 Å². The fraction of sp³-hybridized carbons (Fsp3) is 0.361. The molecular weight excluding hydrogens is 640 g/mol. The highest BCUT2D eigenvalue weighted by Gasteiger charge is 2.41. The Bertz CT molecular complexity index is 2020. The van der Waals surface area contributed by atoms with Crippen molar-refractivity contribution in [2.24, 2.45) is 5.92 Å². The fourth-order valence-corrected chi connectivity index (χ4v) is 6.99. The molecule has 8 rings (SSSR count). The lowest BCUT2D eigenvalue weighted by atomic mass is 10.1. The highest BCUT2D eigenvalue weighted by atomic mass is 19.1. The van der Waals surface area contributed by atoms with Gasteiger partial charge in [0.25, 0.3) is 0 Å². The van der Waals surface area contributed by atoms with Crippen molar-refractivity contribution >= 4 is 34.3 Å². The number of fused-ring (bicyclic) bond motifs is 5. The van der Waals surface area contributed by atoms with Crippen molar-refractivity contribution in [3.8, 4) is 11.5 Å². The molecule has 3 fully saturated rings. The van der Waals surface area contributed by atoms with Crippen LogP contribution < -0.4 is 24.7 Å². The third-order valence-electron chi connectivity index (χ3n) is 9.56. The molecule has 254 valence electrons. The van der Waals surface area contributed by atoms with E-state index in [2.05, 4.69) is 0 Å². The molecule has 3 aliphatic heterocycles. The van der Waals surface area contributed by atoms with Crippen LogP contribution in [0, 0.1) is 17.6 Å². The van der Waals surface area contributed by atoms with Crippen LogP contribution in [0.3, 0.4) is 0 Å². The Balaban J connectivity index is 1.02. The molecule has 1 aliphatic carbocycles. The van der Waals surface area contributed by atoms with Gasteiger partial charge in [0.1, 0.15) is 30.6 Å². The Hall–Kier alpha value is -5.17. The summed E-state index contributed by atoms with van der Waals surface area (Å²) in [7, 11) is 0. The molecule has 4 aromatic rings. The quantitative estimate of drug-likeness (QED) is 0.246. The largest absolute Gasteiger partial charge is 0.490 e. The molecule has 1 saturated carbocycles. The topological polar surface area (TPSA) is 120 Å². The monoisotopic (exact) mass is 673 g/mol. The van der Waals surface area contributed by atoms with E-state index in [4.69, 9.17) is 18.9 Å². The van der Waals surface area contributed by atoms with Gasteiger partial charge in [0, 0.05) is 30.8 Å². The predicted octanol–water partition coefficient (Wildman–Crippen LogP) is 4.96. The first-order chi connectivity index (χ1) is 23.8. The van der Waals surface area contributed by atoms with Crippen molar-refractivity contribution in [3.05, 3.63) is 93.8 Å². The Kier molecular flexibility index (Phi) is 7.86. The number of cyclic esters (lactones) is 1. The number of benzene rings is 3. The second-order valence-corrected chi connectivity index (χ2v) is 12.9. The van der Waals surface area contributed by atoms with E-state index in [9.17, 15) is 19.5 Å². The van der Waals surface area contributed by atoms with Crippen molar-refractivity contribution < 1.29 is 42.4 Å². The van der Waals surface area contributed by atoms with Crippen LogP contribution in [0.25, 0.3) is 10.9 Å². The SMILES string of the molecule is O=C(OCc1ccccc1)c1cn(C2CC2)c2c3c(c(F)cc2c1=O)N1C[C@H](COc2ccc(N4CC(CO)OC4=O)cc2F)C[C@H]1CO3. The molecule has 0 spiro atoms. The van der Waals surface area contributed by atoms with Crippen LogP contribution >= 0.6 is 0 Å². The first-order valence-corrected chi connectivity index (χ1v) is 16.3. The molecule has 4 heterocycles. The van der Waals surface area contributed by atoms with Crippen LogP contribution in [-0.2, 0) is 16.1 Å². The van der Waals surface area contributed by atoms with Gasteiger partial charge in [-0.3, -0.25) is 9.69 Å². The number of pyridine rings is 1. The number of nitrogens with zero attached hydrogens (tertiary/aromatic N) is 3. The summed E-state index contributed by atoms with van der Waals surface area (Å²) < 4.78 is 55.5. The molecule has 3 atom stereocenters. The number of aliphatic hydroxyl groups excluding tert-OH is 1. The molecule has 0 bridgehead atoms. The van der Waals surface area contributed by atoms with Gasteiger partial charge in [0.05, 0.1) is 42.4 Å². The van der Waals surface area contributed by atoms with E-state index in [1.54, 1.807) is 6.07 Å². The molecular formula is C36H33F2N3O8. The molecule has 2 saturated heterocycles. The summed E-state index contributed by atoms with van der Waals surface area (Å²) in [5.74, 6) is -1.85. The average molecular weight is 674 g/mol. The Morgan fingerprint density at radius 1 is 1.00 bits per heavy atom. The maximum Gasteiger partial charge on any atom is 0.414 e. The minimum atomic E-state index is -0.772. The van der Waals surface area contributed by atoms with Gasteiger partial charge in [0.2, 0.25) is 5.43 Å². The maximum atomic E-state index is 16.0. The van der Waals surface area contributed by atoms with Crippen LogP contribution in [0.4, 0.5) is 25.0 Å². The van der Waals surface area contributed by atoms with Gasteiger partial charge in [-0.25, -0.2) is 18.4 Å². The summed E-state index contributed by atoms with van der Waals surface area (Å²) in [4.78, 5) is 42.0. The number of ether oxygens (including phenoxy) is 4. The van der Waals surface area contributed by atoms with E-state index in [0.717, 1.165) is 18.4 Å². The lowest BCUT2D eigenvalue weighted by Gasteiger charge is -2.34. The van der Waals surface area contributed by atoms with Crippen molar-refractivity contribution in [3.63, 3.8) is 0 Å². The lowest BCUT2D eigenvalue weighted by molar-refractivity contribution is 0.0470. The maximum absolute atomic E-state index is 16.0. The fourth-order valence-electron chi connectivity index (χ4n) is 6.99. The van der Waals surface area contributed by atoms with E-state index in [1.807, 2.05) is 39.8 Å². The molecule has 0 radical (unpaired) electrons. The first-order valence-electron chi connectivity index (χ1n) is 16.3. The van der Waals surface area contributed by atoms with Gasteiger partial charge in [0.15, 0.2) is 23.1 Å². The van der Waals surface area contributed by atoms with E-state index in [-0.39, 0.29) is 79.1 Å². The van der Waals surface area contributed by atoms with Crippen molar-refractivity contribution in [1.29, 1.82) is 0 Å². The van der Waals surface area contributed by atoms with Gasteiger partial charge in [-0.05, 0) is 43.0 Å². The molecule has 3 aromatic carbocycles. The number of anilines is 2. The third kappa shape index (κ3) is 5.71. The van der Waals surface area contributed by atoms with Crippen LogP contribution in [0.2, 0.25) is 0 Å². The lowest BCUT2D eigenvalue weighted by Crippen LogP contribution is -2.39. The number of carbonyl (C=O) groups excluding carboxylic acids is 2.